The van der Waals surface area contributed by atoms with Crippen molar-refractivity contribution in [3.05, 3.63) is 34.9 Å². The van der Waals surface area contributed by atoms with Crippen molar-refractivity contribution in [2.24, 2.45) is 0 Å². The lowest BCUT2D eigenvalue weighted by Crippen LogP contribution is -2.50. The molecule has 1 aromatic rings. The van der Waals surface area contributed by atoms with E-state index in [9.17, 15) is 9.90 Å². The fourth-order valence-electron chi connectivity index (χ4n) is 3.16. The number of amides is 1. The highest BCUT2D eigenvalue weighted by molar-refractivity contribution is 6.30. The van der Waals surface area contributed by atoms with Crippen LogP contribution in [-0.4, -0.2) is 60.3 Å². The normalized spacial score (nSPS) is 26.4. The number of piperidine rings is 1. The maximum atomic E-state index is 12.4. The number of aliphatic hydroxyl groups excluding tert-OH is 1. The highest BCUT2D eigenvalue weighted by atomic mass is 35.5. The summed E-state index contributed by atoms with van der Waals surface area (Å²) < 4.78 is 0. The zero-order valence-electron chi connectivity index (χ0n) is 12.5. The Kier molecular flexibility index (Phi) is 4.98. The van der Waals surface area contributed by atoms with Crippen LogP contribution in [0.2, 0.25) is 5.02 Å². The largest absolute Gasteiger partial charge is 0.390 e. The highest BCUT2D eigenvalue weighted by Gasteiger charge is 2.29. The van der Waals surface area contributed by atoms with Gasteiger partial charge in [-0.05, 0) is 37.1 Å². The minimum atomic E-state index is -0.311. The molecule has 0 aromatic heterocycles. The molecule has 3 rings (SSSR count). The van der Waals surface area contributed by atoms with Crippen LogP contribution >= 0.6 is 11.6 Å². The van der Waals surface area contributed by atoms with Gasteiger partial charge >= 0.3 is 0 Å². The molecule has 0 bridgehead atoms. The highest BCUT2D eigenvalue weighted by Crippen LogP contribution is 2.17. The third-order valence-electron chi connectivity index (χ3n) is 4.51. The molecule has 6 heteroatoms. The molecule has 120 valence electrons. The smallest absolute Gasteiger partial charge is 0.253 e. The number of likely N-dealkylation sites (tertiary alicyclic amines) is 1. The maximum Gasteiger partial charge on any atom is 0.253 e. The summed E-state index contributed by atoms with van der Waals surface area (Å²) in [4.78, 5) is 14.3. The zero-order valence-corrected chi connectivity index (χ0v) is 13.2. The summed E-state index contributed by atoms with van der Waals surface area (Å²) in [7, 11) is 0. The molecule has 1 amide bonds. The summed E-state index contributed by atoms with van der Waals surface area (Å²) >= 11 is 5.86. The lowest BCUT2D eigenvalue weighted by molar-refractivity contribution is 0.0691. The van der Waals surface area contributed by atoms with Crippen LogP contribution < -0.4 is 10.6 Å². The predicted molar refractivity (Wildman–Crippen MR) is 86.2 cm³/mol. The predicted octanol–water partition coefficient (Wildman–Crippen LogP) is 0.867. The number of hydrogen-bond acceptors (Lipinski definition) is 4. The third-order valence-corrected chi connectivity index (χ3v) is 4.76. The molecule has 22 heavy (non-hydrogen) atoms. The SMILES string of the molecule is O=C(c1ccc(Cl)cc1)N1CCC(NC2CNCC2O)CC1. The molecule has 2 saturated heterocycles. The van der Waals surface area contributed by atoms with Gasteiger partial charge in [-0.1, -0.05) is 11.6 Å². The Morgan fingerprint density at radius 2 is 1.91 bits per heavy atom. The van der Waals surface area contributed by atoms with Crippen molar-refractivity contribution in [2.45, 2.75) is 31.0 Å². The van der Waals surface area contributed by atoms with Gasteiger partial charge in [-0.3, -0.25) is 4.79 Å². The first-order valence-corrected chi connectivity index (χ1v) is 8.21. The quantitative estimate of drug-likeness (QED) is 0.772. The summed E-state index contributed by atoms with van der Waals surface area (Å²) in [5.41, 5.74) is 0.686. The van der Waals surface area contributed by atoms with Gasteiger partial charge in [0.1, 0.15) is 0 Å². The fourth-order valence-corrected chi connectivity index (χ4v) is 3.29. The molecule has 0 radical (unpaired) electrons. The van der Waals surface area contributed by atoms with E-state index in [-0.39, 0.29) is 18.1 Å². The molecule has 3 N–H and O–H groups in total. The number of benzene rings is 1. The standard InChI is InChI=1S/C16H22ClN3O2/c17-12-3-1-11(2-4-12)16(22)20-7-5-13(6-8-20)19-14-9-18-10-15(14)21/h1-4,13-15,18-19,21H,5-10H2. The third kappa shape index (κ3) is 3.60. The molecular formula is C16H22ClN3O2. The van der Waals surface area contributed by atoms with Gasteiger partial charge < -0.3 is 20.6 Å². The van der Waals surface area contributed by atoms with E-state index in [1.165, 1.54) is 0 Å². The number of halogens is 1. The average Bonchev–Trinajstić information content (AvgIpc) is 2.93. The van der Waals surface area contributed by atoms with Crippen LogP contribution in [0.25, 0.3) is 0 Å². The Bertz CT molecular complexity index is 515. The summed E-state index contributed by atoms with van der Waals surface area (Å²) in [5, 5.41) is 17.2. The lowest BCUT2D eigenvalue weighted by Gasteiger charge is -2.34. The van der Waals surface area contributed by atoms with Crippen molar-refractivity contribution in [2.75, 3.05) is 26.2 Å². The van der Waals surface area contributed by atoms with E-state index in [1.807, 2.05) is 4.90 Å². The molecule has 5 nitrogen and oxygen atoms in total. The molecule has 2 unspecified atom stereocenters. The Morgan fingerprint density at radius 1 is 1.23 bits per heavy atom. The first-order valence-electron chi connectivity index (χ1n) is 7.83. The minimum Gasteiger partial charge on any atom is -0.390 e. The molecule has 2 heterocycles. The van der Waals surface area contributed by atoms with Crippen LogP contribution in [0.3, 0.4) is 0 Å². The van der Waals surface area contributed by atoms with E-state index < -0.39 is 0 Å². The van der Waals surface area contributed by atoms with Crippen LogP contribution in [0.1, 0.15) is 23.2 Å². The first-order chi connectivity index (χ1) is 10.6. The number of nitrogens with one attached hydrogen (secondary N) is 2. The van der Waals surface area contributed by atoms with Gasteiger partial charge in [-0.15, -0.1) is 0 Å². The van der Waals surface area contributed by atoms with Gasteiger partial charge in [0, 0.05) is 48.8 Å². The van der Waals surface area contributed by atoms with E-state index >= 15 is 0 Å². The second kappa shape index (κ2) is 6.96. The Labute approximate surface area is 135 Å². The number of carbonyl (C=O) groups is 1. The van der Waals surface area contributed by atoms with Gasteiger partial charge in [0.25, 0.3) is 5.91 Å². The molecule has 0 spiro atoms. The molecule has 2 aliphatic heterocycles. The van der Waals surface area contributed by atoms with Crippen molar-refractivity contribution >= 4 is 17.5 Å². The lowest BCUT2D eigenvalue weighted by atomic mass is 10.0. The summed E-state index contributed by atoms with van der Waals surface area (Å²) in [6.45, 7) is 2.96. The average molecular weight is 324 g/mol. The molecule has 2 atom stereocenters. The van der Waals surface area contributed by atoms with Gasteiger partial charge in [-0.2, -0.15) is 0 Å². The Hall–Kier alpha value is -1.14. The van der Waals surface area contributed by atoms with E-state index in [0.717, 1.165) is 32.5 Å². The van der Waals surface area contributed by atoms with Crippen LogP contribution in [0, 0.1) is 0 Å². The number of β-amino-alcohol motifs (C(OH)–C–C–N with tert-alkyl or cyclic N) is 1. The van der Waals surface area contributed by atoms with Crippen LogP contribution in [-0.2, 0) is 0 Å². The van der Waals surface area contributed by atoms with E-state index in [4.69, 9.17) is 11.6 Å². The monoisotopic (exact) mass is 323 g/mol. The Balaban J connectivity index is 1.50. The Morgan fingerprint density at radius 3 is 2.50 bits per heavy atom. The molecule has 2 fully saturated rings. The molecular weight excluding hydrogens is 302 g/mol. The number of carbonyl (C=O) groups excluding carboxylic acids is 1. The van der Waals surface area contributed by atoms with Crippen molar-refractivity contribution in [3.63, 3.8) is 0 Å². The zero-order chi connectivity index (χ0) is 15.5. The number of aliphatic hydroxyl groups is 1. The minimum absolute atomic E-state index is 0.0673. The van der Waals surface area contributed by atoms with Gasteiger partial charge in [-0.25, -0.2) is 0 Å². The second-order valence-corrected chi connectivity index (χ2v) is 6.51. The summed E-state index contributed by atoms with van der Waals surface area (Å²) in [6.07, 6.45) is 1.53. The van der Waals surface area contributed by atoms with Crippen molar-refractivity contribution in [1.82, 2.24) is 15.5 Å². The van der Waals surface area contributed by atoms with Crippen molar-refractivity contribution in [1.29, 1.82) is 0 Å². The molecule has 0 aliphatic carbocycles. The second-order valence-electron chi connectivity index (χ2n) is 6.07. The van der Waals surface area contributed by atoms with E-state index in [0.29, 0.717) is 23.2 Å². The number of nitrogens with zero attached hydrogens (tertiary/aromatic N) is 1. The first kappa shape index (κ1) is 15.7. The van der Waals surface area contributed by atoms with Crippen LogP contribution in [0.15, 0.2) is 24.3 Å². The maximum absolute atomic E-state index is 12.4. The topological polar surface area (TPSA) is 64.6 Å². The van der Waals surface area contributed by atoms with Crippen molar-refractivity contribution in [3.8, 4) is 0 Å². The van der Waals surface area contributed by atoms with Crippen molar-refractivity contribution < 1.29 is 9.90 Å². The fraction of sp³-hybridized carbons (Fsp3) is 0.562. The molecule has 0 saturated carbocycles. The molecule has 1 aromatic carbocycles. The summed E-state index contributed by atoms with van der Waals surface area (Å²) in [6, 6.07) is 7.54. The number of rotatable bonds is 3. The van der Waals surface area contributed by atoms with Crippen LogP contribution in [0.4, 0.5) is 0 Å². The molecule has 2 aliphatic rings. The van der Waals surface area contributed by atoms with Gasteiger partial charge in [0.2, 0.25) is 0 Å². The number of hydrogen-bond donors (Lipinski definition) is 3. The van der Waals surface area contributed by atoms with Gasteiger partial charge in [0.05, 0.1) is 6.10 Å². The van der Waals surface area contributed by atoms with E-state index in [2.05, 4.69) is 10.6 Å². The van der Waals surface area contributed by atoms with E-state index in [1.54, 1.807) is 24.3 Å². The summed E-state index contributed by atoms with van der Waals surface area (Å²) in [5.74, 6) is 0.0673. The van der Waals surface area contributed by atoms with Gasteiger partial charge in [0.15, 0.2) is 0 Å². The van der Waals surface area contributed by atoms with Crippen LogP contribution in [0.5, 0.6) is 0 Å².